The lowest BCUT2D eigenvalue weighted by molar-refractivity contribution is 0.00945. The van der Waals surface area contributed by atoms with Crippen LogP contribution < -0.4 is 10.2 Å². The SMILES string of the molecule is Cc1cc(N2CCc3c(c(C)nn3CC34CCC(NC(=O)O)(CC3)CC4)C2)c2cn[nH]c2n1. The van der Waals surface area contributed by atoms with Crippen molar-refractivity contribution in [2.45, 2.75) is 77.4 Å². The molecule has 0 unspecified atom stereocenters. The molecule has 1 aliphatic heterocycles. The summed E-state index contributed by atoms with van der Waals surface area (Å²) in [6.45, 7) is 6.90. The van der Waals surface area contributed by atoms with Crippen molar-refractivity contribution in [1.82, 2.24) is 30.3 Å². The van der Waals surface area contributed by atoms with Crippen LogP contribution in [-0.4, -0.2) is 48.2 Å². The molecule has 33 heavy (non-hydrogen) atoms. The zero-order chi connectivity index (χ0) is 22.8. The lowest BCUT2D eigenvalue weighted by Gasteiger charge is -2.53. The van der Waals surface area contributed by atoms with E-state index in [-0.39, 0.29) is 11.0 Å². The normalized spacial score (nSPS) is 26.5. The molecule has 3 fully saturated rings. The van der Waals surface area contributed by atoms with Crippen molar-refractivity contribution in [2.24, 2.45) is 5.41 Å². The topological polar surface area (TPSA) is 112 Å². The Hall–Kier alpha value is -3.10. The van der Waals surface area contributed by atoms with Gasteiger partial charge in [0.05, 0.1) is 23.0 Å². The smallest absolute Gasteiger partial charge is 0.405 e. The third-order valence-corrected chi connectivity index (χ3v) is 8.46. The Morgan fingerprint density at radius 1 is 1.21 bits per heavy atom. The average Bonchev–Trinajstić information content (AvgIpc) is 3.38. The molecule has 7 rings (SSSR count). The summed E-state index contributed by atoms with van der Waals surface area (Å²) in [5.74, 6) is 0. The van der Waals surface area contributed by atoms with E-state index in [1.54, 1.807) is 0 Å². The highest BCUT2D eigenvalue weighted by molar-refractivity contribution is 5.89. The number of carbonyl (C=O) groups is 1. The molecule has 174 valence electrons. The van der Waals surface area contributed by atoms with Gasteiger partial charge in [0, 0.05) is 48.5 Å². The maximum Gasteiger partial charge on any atom is 0.405 e. The van der Waals surface area contributed by atoms with Gasteiger partial charge < -0.3 is 15.3 Å². The number of H-pyrrole nitrogens is 1. The van der Waals surface area contributed by atoms with Crippen LogP contribution in [0, 0.1) is 19.3 Å². The number of amides is 1. The number of anilines is 1. The molecule has 4 aliphatic rings. The lowest BCUT2D eigenvalue weighted by Crippen LogP contribution is -2.57. The fourth-order valence-corrected chi connectivity index (χ4v) is 6.53. The Labute approximate surface area is 192 Å². The summed E-state index contributed by atoms with van der Waals surface area (Å²) >= 11 is 0. The van der Waals surface area contributed by atoms with Gasteiger partial charge in [-0.2, -0.15) is 10.2 Å². The minimum atomic E-state index is -0.886. The first-order valence-electron chi connectivity index (χ1n) is 12.0. The Bertz CT molecular complexity index is 1220. The second-order valence-electron chi connectivity index (χ2n) is 10.5. The largest absolute Gasteiger partial charge is 0.465 e. The Kier molecular flexibility index (Phi) is 4.47. The number of nitrogens with one attached hydrogen (secondary N) is 2. The van der Waals surface area contributed by atoms with Gasteiger partial charge in [0.1, 0.15) is 0 Å². The monoisotopic (exact) mass is 449 g/mol. The maximum absolute atomic E-state index is 11.2. The van der Waals surface area contributed by atoms with Gasteiger partial charge in [-0.1, -0.05) is 0 Å². The van der Waals surface area contributed by atoms with E-state index >= 15 is 0 Å². The Morgan fingerprint density at radius 2 is 1.97 bits per heavy atom. The number of hydrogen-bond acceptors (Lipinski definition) is 5. The van der Waals surface area contributed by atoms with Crippen LogP contribution in [0.2, 0.25) is 0 Å². The minimum Gasteiger partial charge on any atom is -0.465 e. The van der Waals surface area contributed by atoms with Crippen molar-refractivity contribution in [3.63, 3.8) is 0 Å². The number of hydrogen-bond donors (Lipinski definition) is 3. The predicted octanol–water partition coefficient (Wildman–Crippen LogP) is 3.69. The molecule has 0 spiro atoms. The third-order valence-electron chi connectivity index (χ3n) is 8.46. The van der Waals surface area contributed by atoms with Gasteiger partial charge in [-0.25, -0.2) is 9.78 Å². The summed E-state index contributed by atoms with van der Waals surface area (Å²) in [4.78, 5) is 18.2. The first-order chi connectivity index (χ1) is 15.9. The van der Waals surface area contributed by atoms with Crippen LogP contribution in [0.25, 0.3) is 11.0 Å². The molecule has 3 N–H and O–H groups in total. The second kappa shape index (κ2) is 7.20. The molecule has 9 heteroatoms. The molecule has 3 aromatic rings. The highest BCUT2D eigenvalue weighted by atomic mass is 16.4. The molecule has 0 atom stereocenters. The van der Waals surface area contributed by atoms with Gasteiger partial charge >= 0.3 is 6.09 Å². The van der Waals surface area contributed by atoms with Gasteiger partial charge in [-0.05, 0) is 63.9 Å². The molecule has 4 heterocycles. The predicted molar refractivity (Wildman–Crippen MR) is 124 cm³/mol. The van der Waals surface area contributed by atoms with Crippen LogP contribution in [0.15, 0.2) is 12.3 Å². The average molecular weight is 450 g/mol. The number of pyridine rings is 1. The summed E-state index contributed by atoms with van der Waals surface area (Å²) in [5.41, 5.74) is 6.90. The zero-order valence-electron chi connectivity index (χ0n) is 19.3. The zero-order valence-corrected chi connectivity index (χ0v) is 19.3. The number of aromatic amines is 1. The van der Waals surface area contributed by atoms with Gasteiger partial charge in [-0.3, -0.25) is 9.78 Å². The first kappa shape index (κ1) is 20.5. The van der Waals surface area contributed by atoms with Crippen LogP contribution in [0.1, 0.15) is 61.2 Å². The summed E-state index contributed by atoms with van der Waals surface area (Å²) in [6, 6.07) is 2.16. The van der Waals surface area contributed by atoms with E-state index in [2.05, 4.69) is 43.1 Å². The number of nitrogens with zero attached hydrogens (tertiary/aromatic N) is 5. The van der Waals surface area contributed by atoms with Crippen LogP contribution in [-0.2, 0) is 19.5 Å². The number of fused-ring (bicyclic) bond motifs is 5. The summed E-state index contributed by atoms with van der Waals surface area (Å²) in [6.07, 6.45) is 7.99. The standard InChI is InChI=1S/C24H31N7O2/c1-15-11-20(17-12-25-28-21(17)26-15)30-10-3-19-18(13-30)16(2)29-31(19)14-23-4-7-24(8-5-23,9-6-23)27-22(32)33/h11-12,27H,3-10,13-14H2,1-2H3,(H,32,33)(H,25,26,28). The van der Waals surface area contributed by atoms with Crippen LogP contribution in [0.3, 0.4) is 0 Å². The van der Waals surface area contributed by atoms with Crippen molar-refractivity contribution in [3.05, 3.63) is 34.9 Å². The fourth-order valence-electron chi connectivity index (χ4n) is 6.53. The van der Waals surface area contributed by atoms with Crippen LogP contribution in [0.5, 0.6) is 0 Å². The van der Waals surface area contributed by atoms with E-state index in [1.807, 2.05) is 13.1 Å². The molecule has 0 radical (unpaired) electrons. The molecule has 9 nitrogen and oxygen atoms in total. The minimum absolute atomic E-state index is 0.200. The molecule has 2 bridgehead atoms. The van der Waals surface area contributed by atoms with Crippen molar-refractivity contribution < 1.29 is 9.90 Å². The molecular weight excluding hydrogens is 418 g/mol. The summed E-state index contributed by atoms with van der Waals surface area (Å²) in [5, 5.41) is 25.4. The second-order valence-corrected chi connectivity index (χ2v) is 10.5. The van der Waals surface area contributed by atoms with Crippen molar-refractivity contribution >= 4 is 22.8 Å². The Balaban J connectivity index is 1.24. The summed E-state index contributed by atoms with van der Waals surface area (Å²) in [7, 11) is 0. The lowest BCUT2D eigenvalue weighted by atomic mass is 9.57. The van der Waals surface area contributed by atoms with E-state index in [1.165, 1.54) is 16.9 Å². The van der Waals surface area contributed by atoms with Gasteiger partial charge in [-0.15, -0.1) is 0 Å². The molecule has 3 aliphatic carbocycles. The third kappa shape index (κ3) is 3.36. The highest BCUT2D eigenvalue weighted by Crippen LogP contribution is 2.53. The van der Waals surface area contributed by atoms with Crippen LogP contribution in [0.4, 0.5) is 10.5 Å². The molecule has 3 saturated carbocycles. The highest BCUT2D eigenvalue weighted by Gasteiger charge is 2.49. The molecular formula is C24H31N7O2. The van der Waals surface area contributed by atoms with E-state index < -0.39 is 6.09 Å². The number of carboxylic acid groups (broad SMARTS) is 1. The van der Waals surface area contributed by atoms with E-state index in [0.717, 1.165) is 87.0 Å². The van der Waals surface area contributed by atoms with Gasteiger partial charge in [0.15, 0.2) is 5.65 Å². The van der Waals surface area contributed by atoms with Crippen molar-refractivity contribution in [1.29, 1.82) is 0 Å². The molecule has 3 aromatic heterocycles. The van der Waals surface area contributed by atoms with Gasteiger partial charge in [0.25, 0.3) is 0 Å². The van der Waals surface area contributed by atoms with Crippen LogP contribution >= 0.6 is 0 Å². The van der Waals surface area contributed by atoms with Crippen molar-refractivity contribution in [3.8, 4) is 0 Å². The molecule has 0 saturated heterocycles. The molecule has 1 amide bonds. The number of aromatic nitrogens is 5. The maximum atomic E-state index is 11.2. The molecule has 0 aromatic carbocycles. The Morgan fingerprint density at radius 3 is 2.70 bits per heavy atom. The van der Waals surface area contributed by atoms with Gasteiger partial charge in [0.2, 0.25) is 0 Å². The number of aryl methyl sites for hydroxylation is 2. The van der Waals surface area contributed by atoms with E-state index in [9.17, 15) is 9.90 Å². The first-order valence-corrected chi connectivity index (χ1v) is 12.0. The van der Waals surface area contributed by atoms with E-state index in [4.69, 9.17) is 5.10 Å². The van der Waals surface area contributed by atoms with Crippen molar-refractivity contribution in [2.75, 3.05) is 11.4 Å². The summed E-state index contributed by atoms with van der Waals surface area (Å²) < 4.78 is 2.29. The quantitative estimate of drug-likeness (QED) is 0.560. The number of rotatable bonds is 4. The van der Waals surface area contributed by atoms with E-state index in [0.29, 0.717) is 0 Å². The fraction of sp³-hybridized carbons (Fsp3) is 0.583.